The number of hydrogen-bond acceptors (Lipinski definition) is 2. The molecule has 1 aromatic carbocycles. The van der Waals surface area contributed by atoms with Crippen LogP contribution in [0.3, 0.4) is 0 Å². The molecule has 1 aliphatic rings. The molecule has 0 saturated heterocycles. The van der Waals surface area contributed by atoms with Crippen LogP contribution < -0.4 is 5.32 Å². The minimum atomic E-state index is -0.908. The molecular weight excluding hydrogens is 224 g/mol. The first-order chi connectivity index (χ1) is 8.59. The van der Waals surface area contributed by atoms with Crippen LogP contribution >= 0.6 is 0 Å². The lowest BCUT2D eigenvalue weighted by molar-refractivity contribution is -0.128. The van der Waals surface area contributed by atoms with E-state index < -0.39 is 5.41 Å². The minimum absolute atomic E-state index is 0.133. The molecule has 0 bridgehead atoms. The Morgan fingerprint density at radius 1 is 1.44 bits per heavy atom. The van der Waals surface area contributed by atoms with Crippen molar-refractivity contribution in [3.8, 4) is 6.07 Å². The number of benzene rings is 1. The van der Waals surface area contributed by atoms with E-state index in [1.54, 1.807) is 6.92 Å². The lowest BCUT2D eigenvalue weighted by Crippen LogP contribution is -2.43. The van der Waals surface area contributed by atoms with E-state index in [0.29, 0.717) is 6.42 Å². The molecule has 1 amide bonds. The average Bonchev–Trinajstić information content (AvgIpc) is 2.79. The maximum Gasteiger partial charge on any atom is 0.240 e. The van der Waals surface area contributed by atoms with Crippen molar-refractivity contribution in [2.24, 2.45) is 5.41 Å². The van der Waals surface area contributed by atoms with E-state index in [1.807, 2.05) is 19.1 Å². The SMILES string of the molecule is CCC(C)(C#N)C(=O)NC1Cc2ccccc2C1. The van der Waals surface area contributed by atoms with Crippen molar-refractivity contribution in [3.05, 3.63) is 35.4 Å². The first kappa shape index (κ1) is 12.6. The van der Waals surface area contributed by atoms with Crippen LogP contribution in [0.25, 0.3) is 0 Å². The highest BCUT2D eigenvalue weighted by atomic mass is 16.2. The minimum Gasteiger partial charge on any atom is -0.351 e. The highest BCUT2D eigenvalue weighted by Crippen LogP contribution is 2.24. The second-order valence-corrected chi connectivity index (χ2v) is 5.14. The fourth-order valence-electron chi connectivity index (χ4n) is 2.30. The molecule has 1 N–H and O–H groups in total. The maximum atomic E-state index is 12.1. The van der Waals surface area contributed by atoms with Crippen LogP contribution in [-0.2, 0) is 17.6 Å². The van der Waals surface area contributed by atoms with Gasteiger partial charge in [0, 0.05) is 6.04 Å². The third-order valence-corrected chi connectivity index (χ3v) is 3.84. The van der Waals surface area contributed by atoms with Crippen molar-refractivity contribution in [3.63, 3.8) is 0 Å². The van der Waals surface area contributed by atoms with Crippen molar-refractivity contribution >= 4 is 5.91 Å². The number of nitrogens with one attached hydrogen (secondary N) is 1. The summed E-state index contributed by atoms with van der Waals surface area (Å²) >= 11 is 0. The van der Waals surface area contributed by atoms with E-state index in [9.17, 15) is 4.79 Å². The fraction of sp³-hybridized carbons (Fsp3) is 0.467. The highest BCUT2D eigenvalue weighted by Gasteiger charge is 2.33. The van der Waals surface area contributed by atoms with Crippen LogP contribution in [0, 0.1) is 16.7 Å². The molecule has 94 valence electrons. The molecule has 0 radical (unpaired) electrons. The van der Waals surface area contributed by atoms with Gasteiger partial charge in [-0.25, -0.2) is 0 Å². The molecule has 18 heavy (non-hydrogen) atoms. The summed E-state index contributed by atoms with van der Waals surface area (Å²) in [5.74, 6) is -0.148. The zero-order valence-corrected chi connectivity index (χ0v) is 10.9. The van der Waals surface area contributed by atoms with Crippen molar-refractivity contribution in [1.82, 2.24) is 5.32 Å². The summed E-state index contributed by atoms with van der Waals surface area (Å²) in [4.78, 5) is 12.1. The van der Waals surface area contributed by atoms with Gasteiger partial charge in [-0.1, -0.05) is 31.2 Å². The largest absolute Gasteiger partial charge is 0.351 e. The Labute approximate surface area is 108 Å². The third kappa shape index (κ3) is 2.24. The monoisotopic (exact) mass is 242 g/mol. The van der Waals surface area contributed by atoms with Crippen LogP contribution in [0.2, 0.25) is 0 Å². The molecule has 0 spiro atoms. The van der Waals surface area contributed by atoms with Gasteiger partial charge in [-0.3, -0.25) is 4.79 Å². The predicted molar refractivity (Wildman–Crippen MR) is 69.8 cm³/mol. The molecule has 1 unspecified atom stereocenters. The van der Waals surface area contributed by atoms with Crippen molar-refractivity contribution in [1.29, 1.82) is 5.26 Å². The number of carbonyl (C=O) groups is 1. The summed E-state index contributed by atoms with van der Waals surface area (Å²) in [5.41, 5.74) is 1.70. The van der Waals surface area contributed by atoms with Gasteiger partial charge < -0.3 is 5.32 Å². The van der Waals surface area contributed by atoms with Gasteiger partial charge in [0.15, 0.2) is 0 Å². The van der Waals surface area contributed by atoms with Gasteiger partial charge in [-0.05, 0) is 37.3 Å². The lowest BCUT2D eigenvalue weighted by atomic mass is 9.88. The molecule has 0 saturated carbocycles. The van der Waals surface area contributed by atoms with Crippen molar-refractivity contribution < 1.29 is 4.79 Å². The quantitative estimate of drug-likeness (QED) is 0.883. The summed E-state index contributed by atoms with van der Waals surface area (Å²) in [6, 6.07) is 10.5. The molecule has 2 rings (SSSR count). The first-order valence-electron chi connectivity index (χ1n) is 6.38. The Kier molecular flexibility index (Phi) is 3.38. The molecule has 0 aliphatic heterocycles. The van der Waals surface area contributed by atoms with Gasteiger partial charge in [-0.15, -0.1) is 0 Å². The number of nitrogens with zero attached hydrogens (tertiary/aromatic N) is 1. The van der Waals surface area contributed by atoms with Crippen LogP contribution in [-0.4, -0.2) is 11.9 Å². The Morgan fingerprint density at radius 3 is 2.44 bits per heavy atom. The summed E-state index contributed by atoms with van der Waals surface area (Å²) in [7, 11) is 0. The van der Waals surface area contributed by atoms with Gasteiger partial charge in [0.2, 0.25) is 5.91 Å². The number of amides is 1. The summed E-state index contributed by atoms with van der Waals surface area (Å²) in [6.45, 7) is 3.57. The molecular formula is C15H18N2O. The molecule has 3 nitrogen and oxygen atoms in total. The number of nitriles is 1. The Bertz CT molecular complexity index is 478. The van der Waals surface area contributed by atoms with Gasteiger partial charge in [0.25, 0.3) is 0 Å². The Hall–Kier alpha value is -1.82. The average molecular weight is 242 g/mol. The van der Waals surface area contributed by atoms with Gasteiger partial charge in [-0.2, -0.15) is 5.26 Å². The topological polar surface area (TPSA) is 52.9 Å². The Morgan fingerprint density at radius 2 is 2.00 bits per heavy atom. The number of carbonyl (C=O) groups excluding carboxylic acids is 1. The smallest absolute Gasteiger partial charge is 0.240 e. The highest BCUT2D eigenvalue weighted by molar-refractivity contribution is 5.85. The zero-order valence-electron chi connectivity index (χ0n) is 10.9. The summed E-state index contributed by atoms with van der Waals surface area (Å²) in [6.07, 6.45) is 2.27. The molecule has 1 atom stereocenters. The number of fused-ring (bicyclic) bond motifs is 1. The normalized spacial score (nSPS) is 17.6. The fourth-order valence-corrected chi connectivity index (χ4v) is 2.30. The predicted octanol–water partition coefficient (Wildman–Crippen LogP) is 2.21. The molecule has 0 fully saturated rings. The first-order valence-corrected chi connectivity index (χ1v) is 6.38. The van der Waals surface area contributed by atoms with E-state index >= 15 is 0 Å². The van der Waals surface area contributed by atoms with Crippen LogP contribution in [0.15, 0.2) is 24.3 Å². The van der Waals surface area contributed by atoms with Crippen LogP contribution in [0.5, 0.6) is 0 Å². The van der Waals surface area contributed by atoms with E-state index in [4.69, 9.17) is 5.26 Å². The third-order valence-electron chi connectivity index (χ3n) is 3.84. The van der Waals surface area contributed by atoms with Gasteiger partial charge in [0.1, 0.15) is 5.41 Å². The zero-order chi connectivity index (χ0) is 13.2. The Balaban J connectivity index is 2.02. The second kappa shape index (κ2) is 4.81. The van der Waals surface area contributed by atoms with Crippen LogP contribution in [0.1, 0.15) is 31.4 Å². The molecule has 0 heterocycles. The van der Waals surface area contributed by atoms with E-state index in [0.717, 1.165) is 12.8 Å². The van der Waals surface area contributed by atoms with Crippen molar-refractivity contribution in [2.75, 3.05) is 0 Å². The molecule has 0 aromatic heterocycles. The van der Waals surface area contributed by atoms with Crippen LogP contribution in [0.4, 0.5) is 0 Å². The standard InChI is InChI=1S/C15H18N2O/c1-3-15(2,10-16)14(18)17-13-8-11-6-4-5-7-12(11)9-13/h4-7,13H,3,8-9H2,1-2H3,(H,17,18). The van der Waals surface area contributed by atoms with E-state index in [1.165, 1.54) is 11.1 Å². The number of hydrogen-bond donors (Lipinski definition) is 1. The summed E-state index contributed by atoms with van der Waals surface area (Å²) in [5, 5.41) is 12.1. The summed E-state index contributed by atoms with van der Waals surface area (Å²) < 4.78 is 0. The maximum absolute atomic E-state index is 12.1. The van der Waals surface area contributed by atoms with Crippen molar-refractivity contribution in [2.45, 2.75) is 39.2 Å². The van der Waals surface area contributed by atoms with E-state index in [2.05, 4.69) is 23.5 Å². The lowest BCUT2D eigenvalue weighted by Gasteiger charge is -2.21. The number of rotatable bonds is 3. The van der Waals surface area contributed by atoms with Gasteiger partial charge in [0.05, 0.1) is 6.07 Å². The molecule has 1 aromatic rings. The molecule has 1 aliphatic carbocycles. The van der Waals surface area contributed by atoms with Gasteiger partial charge >= 0.3 is 0 Å². The molecule has 3 heteroatoms. The van der Waals surface area contributed by atoms with E-state index in [-0.39, 0.29) is 11.9 Å². The second-order valence-electron chi connectivity index (χ2n) is 5.14.